The molecule has 1 aliphatic carbocycles. The summed E-state index contributed by atoms with van der Waals surface area (Å²) in [5.41, 5.74) is 2.28. The predicted molar refractivity (Wildman–Crippen MR) is 63.6 cm³/mol. The molecule has 0 saturated heterocycles. The van der Waals surface area contributed by atoms with Crippen molar-refractivity contribution < 1.29 is 9.53 Å². The van der Waals surface area contributed by atoms with Crippen molar-refractivity contribution in [3.8, 4) is 5.75 Å². The highest BCUT2D eigenvalue weighted by atomic mass is 16.5. The van der Waals surface area contributed by atoms with Gasteiger partial charge in [0.1, 0.15) is 11.5 Å². The Hall–Kier alpha value is -1.57. The van der Waals surface area contributed by atoms with Gasteiger partial charge in [0.2, 0.25) is 0 Å². The third-order valence-corrected chi connectivity index (χ3v) is 3.01. The maximum atomic E-state index is 11.6. The Labute approximate surface area is 95.9 Å². The second-order valence-electron chi connectivity index (χ2n) is 4.23. The number of ketones is 1. The minimum atomic E-state index is 0.165. The third-order valence-electron chi connectivity index (χ3n) is 3.01. The van der Waals surface area contributed by atoms with Gasteiger partial charge in [-0.15, -0.1) is 0 Å². The molecule has 1 atom stereocenters. The number of rotatable bonds is 5. The van der Waals surface area contributed by atoms with Crippen LogP contribution in [0.5, 0.6) is 5.75 Å². The Bertz CT molecular complexity index is 403. The number of aryl methyl sites for hydroxylation is 1. The molecule has 0 amide bonds. The van der Waals surface area contributed by atoms with Gasteiger partial charge >= 0.3 is 0 Å². The van der Waals surface area contributed by atoms with Crippen LogP contribution in [0.15, 0.2) is 36.4 Å². The average Bonchev–Trinajstić information content (AvgIpc) is 3.04. The Morgan fingerprint density at radius 3 is 2.56 bits per heavy atom. The van der Waals surface area contributed by atoms with Crippen molar-refractivity contribution >= 4 is 5.78 Å². The van der Waals surface area contributed by atoms with Gasteiger partial charge in [-0.3, -0.25) is 4.79 Å². The lowest BCUT2D eigenvalue weighted by molar-refractivity contribution is -0.119. The van der Waals surface area contributed by atoms with Crippen LogP contribution in [0.1, 0.15) is 18.4 Å². The van der Waals surface area contributed by atoms with Crippen molar-refractivity contribution in [3.63, 3.8) is 0 Å². The Kier molecular flexibility index (Phi) is 3.09. The molecule has 0 bridgehead atoms. The van der Waals surface area contributed by atoms with Crippen molar-refractivity contribution in [2.75, 3.05) is 7.11 Å². The molecule has 1 aromatic rings. The summed E-state index contributed by atoms with van der Waals surface area (Å²) in [6.07, 6.45) is 2.34. The van der Waals surface area contributed by atoms with Crippen LogP contribution in [0.25, 0.3) is 0 Å². The van der Waals surface area contributed by atoms with Crippen LogP contribution in [0, 0.1) is 5.92 Å². The zero-order chi connectivity index (χ0) is 11.5. The Morgan fingerprint density at radius 2 is 2.06 bits per heavy atom. The van der Waals surface area contributed by atoms with Gasteiger partial charge < -0.3 is 4.74 Å². The van der Waals surface area contributed by atoms with E-state index < -0.39 is 0 Å². The molecule has 1 saturated carbocycles. The number of ether oxygens (including phenoxy) is 1. The third kappa shape index (κ3) is 2.51. The number of Topliss-reactive ketones (excluding diaryl/α,β-unsaturated/α-hetero) is 1. The average molecular weight is 216 g/mol. The van der Waals surface area contributed by atoms with Crippen LogP contribution in [-0.4, -0.2) is 12.9 Å². The molecule has 0 aromatic heterocycles. The van der Waals surface area contributed by atoms with Gasteiger partial charge in [0.05, 0.1) is 7.11 Å². The maximum Gasteiger partial charge on any atom is 0.140 e. The summed E-state index contributed by atoms with van der Waals surface area (Å²) >= 11 is 0. The normalized spacial score (nSPS) is 18.3. The van der Waals surface area contributed by atoms with Crippen LogP contribution in [0.4, 0.5) is 0 Å². The van der Waals surface area contributed by atoms with Crippen LogP contribution < -0.4 is 4.74 Å². The largest absolute Gasteiger partial charge is 0.497 e. The molecule has 1 unspecified atom stereocenters. The van der Waals surface area contributed by atoms with Crippen LogP contribution >= 0.6 is 0 Å². The van der Waals surface area contributed by atoms with Crippen molar-refractivity contribution in [2.45, 2.75) is 19.3 Å². The van der Waals surface area contributed by atoms with E-state index in [-0.39, 0.29) is 5.92 Å². The lowest BCUT2D eigenvalue weighted by atomic mass is 10.1. The Morgan fingerprint density at radius 1 is 1.44 bits per heavy atom. The zero-order valence-corrected chi connectivity index (χ0v) is 9.53. The quantitative estimate of drug-likeness (QED) is 0.707. The van der Waals surface area contributed by atoms with E-state index in [0.29, 0.717) is 12.2 Å². The molecule has 0 aliphatic heterocycles. The van der Waals surface area contributed by atoms with E-state index in [0.717, 1.165) is 24.2 Å². The molecule has 1 aliphatic rings. The number of allylic oxidation sites excluding steroid dienone is 1. The summed E-state index contributed by atoms with van der Waals surface area (Å²) in [5, 5.41) is 0. The molecular weight excluding hydrogens is 200 g/mol. The fourth-order valence-electron chi connectivity index (χ4n) is 1.78. The van der Waals surface area contributed by atoms with Crippen LogP contribution in [0.3, 0.4) is 0 Å². The fraction of sp³-hybridized carbons (Fsp3) is 0.357. The molecular formula is C14H16O2. The summed E-state index contributed by atoms with van der Waals surface area (Å²) in [7, 11) is 1.65. The molecule has 2 rings (SSSR count). The predicted octanol–water partition coefficient (Wildman–Crippen LogP) is 2.77. The first kappa shape index (κ1) is 10.9. The minimum absolute atomic E-state index is 0.165. The molecule has 2 heteroatoms. The molecule has 0 heterocycles. The first-order valence-electron chi connectivity index (χ1n) is 5.54. The molecule has 1 aromatic carbocycles. The smallest absolute Gasteiger partial charge is 0.140 e. The van der Waals surface area contributed by atoms with Gasteiger partial charge in [-0.1, -0.05) is 24.3 Å². The first-order valence-corrected chi connectivity index (χ1v) is 5.54. The number of hydrogen-bond donors (Lipinski definition) is 0. The zero-order valence-electron chi connectivity index (χ0n) is 9.53. The van der Waals surface area contributed by atoms with Crippen molar-refractivity contribution in [1.82, 2.24) is 0 Å². The monoisotopic (exact) mass is 216 g/mol. The topological polar surface area (TPSA) is 26.3 Å². The van der Waals surface area contributed by atoms with Gasteiger partial charge in [-0.05, 0) is 30.5 Å². The van der Waals surface area contributed by atoms with E-state index in [1.165, 1.54) is 5.56 Å². The second kappa shape index (κ2) is 4.52. The number of carbonyl (C=O) groups is 1. The molecule has 1 fully saturated rings. The van der Waals surface area contributed by atoms with Gasteiger partial charge in [0, 0.05) is 12.3 Å². The lowest BCUT2D eigenvalue weighted by Gasteiger charge is -2.02. The number of benzene rings is 1. The lowest BCUT2D eigenvalue weighted by Crippen LogP contribution is -2.02. The maximum absolute atomic E-state index is 11.6. The first-order chi connectivity index (χ1) is 7.70. The standard InChI is InChI=1S/C14H16O2/c1-10-9-13(10)14(15)8-5-11-3-6-12(16-2)7-4-11/h3-4,6-7,13H,1,5,8-9H2,2H3. The fourth-order valence-corrected chi connectivity index (χ4v) is 1.78. The highest BCUT2D eigenvalue weighted by Crippen LogP contribution is 2.37. The van der Waals surface area contributed by atoms with Gasteiger partial charge in [-0.2, -0.15) is 0 Å². The summed E-state index contributed by atoms with van der Waals surface area (Å²) in [6.45, 7) is 3.81. The van der Waals surface area contributed by atoms with E-state index >= 15 is 0 Å². The van der Waals surface area contributed by atoms with Gasteiger partial charge in [0.15, 0.2) is 0 Å². The molecule has 2 nitrogen and oxygen atoms in total. The van der Waals surface area contributed by atoms with Gasteiger partial charge in [0.25, 0.3) is 0 Å². The summed E-state index contributed by atoms with van der Waals surface area (Å²) in [6, 6.07) is 7.87. The number of hydrogen-bond acceptors (Lipinski definition) is 2. The number of carbonyl (C=O) groups excluding carboxylic acids is 1. The van der Waals surface area contributed by atoms with E-state index in [2.05, 4.69) is 6.58 Å². The minimum Gasteiger partial charge on any atom is -0.497 e. The van der Waals surface area contributed by atoms with Crippen molar-refractivity contribution in [2.24, 2.45) is 5.92 Å². The van der Waals surface area contributed by atoms with E-state index in [4.69, 9.17) is 4.74 Å². The highest BCUT2D eigenvalue weighted by molar-refractivity contribution is 5.87. The summed E-state index contributed by atoms with van der Waals surface area (Å²) in [4.78, 5) is 11.6. The Balaban J connectivity index is 1.84. The number of methoxy groups -OCH3 is 1. The summed E-state index contributed by atoms with van der Waals surface area (Å²) in [5.74, 6) is 1.35. The van der Waals surface area contributed by atoms with Crippen molar-refractivity contribution in [1.29, 1.82) is 0 Å². The highest BCUT2D eigenvalue weighted by Gasteiger charge is 2.33. The molecule has 84 valence electrons. The van der Waals surface area contributed by atoms with Crippen LogP contribution in [-0.2, 0) is 11.2 Å². The van der Waals surface area contributed by atoms with Crippen molar-refractivity contribution in [3.05, 3.63) is 42.0 Å². The van der Waals surface area contributed by atoms with E-state index in [1.54, 1.807) is 7.11 Å². The van der Waals surface area contributed by atoms with Crippen LogP contribution in [0.2, 0.25) is 0 Å². The molecule has 0 N–H and O–H groups in total. The van der Waals surface area contributed by atoms with E-state index in [9.17, 15) is 4.79 Å². The summed E-state index contributed by atoms with van der Waals surface area (Å²) < 4.78 is 5.08. The SMILES string of the molecule is C=C1CC1C(=O)CCc1ccc(OC)cc1. The second-order valence-corrected chi connectivity index (χ2v) is 4.23. The molecule has 0 spiro atoms. The molecule has 0 radical (unpaired) electrons. The molecule has 16 heavy (non-hydrogen) atoms. The van der Waals surface area contributed by atoms with Gasteiger partial charge in [-0.25, -0.2) is 0 Å². The van der Waals surface area contributed by atoms with E-state index in [1.807, 2.05) is 24.3 Å².